The summed E-state index contributed by atoms with van der Waals surface area (Å²) in [7, 11) is 0. The largest absolute Gasteiger partial charge is 0.492 e. The lowest BCUT2D eigenvalue weighted by atomic mass is 10.1. The molecule has 1 unspecified atom stereocenters. The van der Waals surface area contributed by atoms with Crippen LogP contribution in [-0.4, -0.2) is 29.6 Å². The van der Waals surface area contributed by atoms with Gasteiger partial charge in [0.05, 0.1) is 18.1 Å². The maximum Gasteiger partial charge on any atom is 0.303 e. The van der Waals surface area contributed by atoms with Crippen molar-refractivity contribution in [3.05, 3.63) is 28.8 Å². The van der Waals surface area contributed by atoms with Crippen LogP contribution >= 0.6 is 11.6 Å². The van der Waals surface area contributed by atoms with Crippen molar-refractivity contribution in [2.75, 3.05) is 6.61 Å². The predicted molar refractivity (Wildman–Crippen MR) is 80.8 cm³/mol. The fourth-order valence-electron chi connectivity index (χ4n) is 1.91. The number of carboxylic acid groups (broad SMARTS) is 1. The zero-order valence-corrected chi connectivity index (χ0v) is 12.9. The van der Waals surface area contributed by atoms with Crippen molar-refractivity contribution in [2.45, 2.75) is 39.2 Å². The third kappa shape index (κ3) is 6.04. The average Bonchev–Trinajstić information content (AvgIpc) is 2.40. The van der Waals surface area contributed by atoms with Crippen molar-refractivity contribution in [3.8, 4) is 5.75 Å². The fraction of sp³-hybridized carbons (Fsp3) is 0.467. The molecule has 1 aromatic rings. The smallest absolute Gasteiger partial charge is 0.303 e. The van der Waals surface area contributed by atoms with Gasteiger partial charge >= 0.3 is 5.97 Å². The molecule has 0 spiro atoms. The monoisotopic (exact) mass is 313 g/mol. The fourth-order valence-corrected chi connectivity index (χ4v) is 2.16. The van der Waals surface area contributed by atoms with Gasteiger partial charge in [-0.15, -0.1) is 0 Å². The van der Waals surface area contributed by atoms with Crippen LogP contribution in [-0.2, 0) is 16.0 Å². The van der Waals surface area contributed by atoms with E-state index in [1.807, 2.05) is 6.92 Å². The summed E-state index contributed by atoms with van der Waals surface area (Å²) in [5, 5.41) is 11.9. The molecular weight excluding hydrogens is 294 g/mol. The van der Waals surface area contributed by atoms with E-state index in [2.05, 4.69) is 5.32 Å². The van der Waals surface area contributed by atoms with Gasteiger partial charge in [0.25, 0.3) is 0 Å². The summed E-state index contributed by atoms with van der Waals surface area (Å²) in [4.78, 5) is 22.5. The van der Waals surface area contributed by atoms with E-state index in [0.717, 1.165) is 0 Å². The van der Waals surface area contributed by atoms with Gasteiger partial charge in [-0.1, -0.05) is 23.7 Å². The normalized spacial score (nSPS) is 11.8. The zero-order chi connectivity index (χ0) is 15.8. The molecule has 5 nitrogen and oxygen atoms in total. The van der Waals surface area contributed by atoms with Crippen molar-refractivity contribution in [2.24, 2.45) is 0 Å². The third-order valence-electron chi connectivity index (χ3n) is 2.89. The molecule has 0 fully saturated rings. The summed E-state index contributed by atoms with van der Waals surface area (Å²) >= 11 is 6.06. The van der Waals surface area contributed by atoms with Gasteiger partial charge in [-0.05, 0) is 26.3 Å². The first-order valence-electron chi connectivity index (χ1n) is 6.85. The predicted octanol–water partition coefficient (Wildman–Crippen LogP) is 2.65. The van der Waals surface area contributed by atoms with Crippen LogP contribution in [0.15, 0.2) is 18.2 Å². The molecule has 2 N–H and O–H groups in total. The Kier molecular flexibility index (Phi) is 7.02. The maximum atomic E-state index is 12.0. The summed E-state index contributed by atoms with van der Waals surface area (Å²) in [6, 6.07) is 5.08. The van der Waals surface area contributed by atoms with Crippen LogP contribution < -0.4 is 10.1 Å². The number of aliphatic carboxylic acids is 1. The average molecular weight is 314 g/mol. The van der Waals surface area contributed by atoms with Gasteiger partial charge < -0.3 is 15.2 Å². The van der Waals surface area contributed by atoms with Crippen molar-refractivity contribution in [1.29, 1.82) is 0 Å². The number of carbonyl (C=O) groups excluding carboxylic acids is 1. The second kappa shape index (κ2) is 8.52. The van der Waals surface area contributed by atoms with Gasteiger partial charge in [-0.3, -0.25) is 9.59 Å². The number of hydrogen-bond donors (Lipinski definition) is 2. The summed E-state index contributed by atoms with van der Waals surface area (Å²) in [6.07, 6.45) is 0.574. The lowest BCUT2D eigenvalue weighted by Gasteiger charge is -2.15. The Hall–Kier alpha value is -1.75. The van der Waals surface area contributed by atoms with E-state index < -0.39 is 5.97 Å². The number of ether oxygens (including phenoxy) is 1. The van der Waals surface area contributed by atoms with Crippen molar-refractivity contribution in [3.63, 3.8) is 0 Å². The van der Waals surface area contributed by atoms with Crippen LogP contribution in [0.2, 0.25) is 5.02 Å². The minimum absolute atomic E-state index is 0.0306. The molecule has 0 radical (unpaired) electrons. The highest BCUT2D eigenvalue weighted by Gasteiger charge is 2.14. The molecule has 0 aliphatic carbocycles. The third-order valence-corrected chi connectivity index (χ3v) is 3.18. The van der Waals surface area contributed by atoms with Crippen molar-refractivity contribution >= 4 is 23.5 Å². The minimum atomic E-state index is -0.871. The Labute approximate surface area is 129 Å². The van der Waals surface area contributed by atoms with E-state index in [-0.39, 0.29) is 24.8 Å². The molecule has 1 rings (SSSR count). The molecule has 0 aliphatic rings. The van der Waals surface area contributed by atoms with Gasteiger partial charge in [0.15, 0.2) is 0 Å². The second-order valence-electron chi connectivity index (χ2n) is 4.74. The highest BCUT2D eigenvalue weighted by atomic mass is 35.5. The van der Waals surface area contributed by atoms with Gasteiger partial charge in [0, 0.05) is 18.0 Å². The van der Waals surface area contributed by atoms with Gasteiger partial charge in [-0.2, -0.15) is 0 Å². The van der Waals surface area contributed by atoms with Gasteiger partial charge in [0.2, 0.25) is 5.91 Å². The molecule has 0 saturated carbocycles. The number of para-hydroxylation sites is 1. The molecule has 0 heterocycles. The first-order chi connectivity index (χ1) is 9.93. The second-order valence-corrected chi connectivity index (χ2v) is 5.15. The minimum Gasteiger partial charge on any atom is -0.492 e. The number of carbonyl (C=O) groups is 2. The molecule has 21 heavy (non-hydrogen) atoms. The van der Waals surface area contributed by atoms with Crippen LogP contribution in [0.3, 0.4) is 0 Å². The van der Waals surface area contributed by atoms with E-state index in [9.17, 15) is 9.59 Å². The van der Waals surface area contributed by atoms with Crippen LogP contribution in [0.4, 0.5) is 0 Å². The summed E-state index contributed by atoms with van der Waals surface area (Å²) in [6.45, 7) is 4.09. The Balaban J connectivity index is 2.62. The number of carboxylic acids is 1. The lowest BCUT2D eigenvalue weighted by molar-refractivity contribution is -0.137. The zero-order valence-electron chi connectivity index (χ0n) is 12.2. The Morgan fingerprint density at radius 2 is 2.14 bits per heavy atom. The van der Waals surface area contributed by atoms with Gasteiger partial charge in [-0.25, -0.2) is 0 Å². The first-order valence-corrected chi connectivity index (χ1v) is 7.23. The molecule has 0 bridgehead atoms. The number of rotatable bonds is 8. The quantitative estimate of drug-likeness (QED) is 0.773. The highest BCUT2D eigenvalue weighted by molar-refractivity contribution is 6.32. The standard InChI is InChI=1S/C15H20ClNO4/c1-3-21-15-11(5-4-6-12(15)16)9-13(18)17-10(2)7-8-14(19)20/h4-6,10H,3,7-9H2,1-2H3,(H,17,18)(H,19,20). The molecule has 0 saturated heterocycles. The number of nitrogens with one attached hydrogen (secondary N) is 1. The van der Waals surface area contributed by atoms with Gasteiger partial charge in [0.1, 0.15) is 5.75 Å². The van der Waals surface area contributed by atoms with E-state index in [0.29, 0.717) is 29.4 Å². The first kappa shape index (κ1) is 17.3. The Bertz CT molecular complexity index is 504. The van der Waals surface area contributed by atoms with E-state index in [1.54, 1.807) is 25.1 Å². The number of benzene rings is 1. The number of halogens is 1. The molecular formula is C15H20ClNO4. The summed E-state index contributed by atoms with van der Waals surface area (Å²) in [5.41, 5.74) is 0.715. The van der Waals surface area contributed by atoms with E-state index in [1.165, 1.54) is 0 Å². The molecule has 1 amide bonds. The van der Waals surface area contributed by atoms with Crippen LogP contribution in [0, 0.1) is 0 Å². The number of amides is 1. The van der Waals surface area contributed by atoms with Crippen molar-refractivity contribution < 1.29 is 19.4 Å². The van der Waals surface area contributed by atoms with Crippen LogP contribution in [0.25, 0.3) is 0 Å². The molecule has 1 atom stereocenters. The lowest BCUT2D eigenvalue weighted by Crippen LogP contribution is -2.34. The molecule has 0 aromatic heterocycles. The molecule has 1 aromatic carbocycles. The maximum absolute atomic E-state index is 12.0. The topological polar surface area (TPSA) is 75.6 Å². The molecule has 0 aliphatic heterocycles. The Morgan fingerprint density at radius 3 is 2.76 bits per heavy atom. The van der Waals surface area contributed by atoms with E-state index >= 15 is 0 Å². The highest BCUT2D eigenvalue weighted by Crippen LogP contribution is 2.29. The SMILES string of the molecule is CCOc1c(Cl)cccc1CC(=O)NC(C)CCC(=O)O. The summed E-state index contributed by atoms with van der Waals surface area (Å²) < 4.78 is 5.46. The van der Waals surface area contributed by atoms with Crippen LogP contribution in [0.1, 0.15) is 32.3 Å². The summed E-state index contributed by atoms with van der Waals surface area (Å²) in [5.74, 6) is -0.532. The molecule has 6 heteroatoms. The Morgan fingerprint density at radius 1 is 1.43 bits per heavy atom. The molecule has 116 valence electrons. The van der Waals surface area contributed by atoms with E-state index in [4.69, 9.17) is 21.4 Å². The number of hydrogen-bond acceptors (Lipinski definition) is 3. The van der Waals surface area contributed by atoms with Crippen LogP contribution in [0.5, 0.6) is 5.75 Å². The van der Waals surface area contributed by atoms with Crippen molar-refractivity contribution in [1.82, 2.24) is 5.32 Å².